The van der Waals surface area contributed by atoms with Crippen molar-refractivity contribution in [3.63, 3.8) is 0 Å². The van der Waals surface area contributed by atoms with Gasteiger partial charge in [0.1, 0.15) is 6.10 Å². The minimum atomic E-state index is -4.38. The maximum absolute atomic E-state index is 13.3. The number of ether oxygens (including phenoxy) is 1. The average Bonchev–Trinajstić information content (AvgIpc) is 3.12. The fraction of sp³-hybridized carbons (Fsp3) is 0.364. The van der Waals surface area contributed by atoms with Crippen molar-refractivity contribution in [2.75, 3.05) is 19.7 Å². The molecule has 4 nitrogen and oxygen atoms in total. The Morgan fingerprint density at radius 3 is 2.77 bits per heavy atom. The lowest BCUT2D eigenvalue weighted by Crippen LogP contribution is -2.38. The van der Waals surface area contributed by atoms with E-state index in [1.54, 1.807) is 23.5 Å². The predicted molar refractivity (Wildman–Crippen MR) is 109 cm³/mol. The summed E-state index contributed by atoms with van der Waals surface area (Å²) >= 11 is 1.68. The number of thiazole rings is 1. The Hall–Kier alpha value is -2.29. The van der Waals surface area contributed by atoms with Crippen LogP contribution in [0.5, 0.6) is 0 Å². The highest BCUT2D eigenvalue weighted by Gasteiger charge is 2.33. The Labute approximate surface area is 177 Å². The van der Waals surface area contributed by atoms with Crippen LogP contribution in [0.4, 0.5) is 13.2 Å². The number of nitrogens with zero attached hydrogens (tertiary/aromatic N) is 3. The SMILES string of the molecule is Cc1ncc(CN2CCO[C@@H](c3cccc(Cc4ccccc4C(F)(F)F)n3)C2)s1. The first-order valence-electron chi connectivity index (χ1n) is 9.74. The van der Waals surface area contributed by atoms with Crippen LogP contribution in [0.1, 0.15) is 38.5 Å². The van der Waals surface area contributed by atoms with Gasteiger partial charge in [-0.1, -0.05) is 24.3 Å². The molecule has 1 atom stereocenters. The minimum Gasteiger partial charge on any atom is -0.369 e. The molecule has 3 heterocycles. The van der Waals surface area contributed by atoms with E-state index in [2.05, 4.69) is 14.9 Å². The van der Waals surface area contributed by atoms with E-state index in [4.69, 9.17) is 4.74 Å². The van der Waals surface area contributed by atoms with Gasteiger partial charge in [-0.25, -0.2) is 4.98 Å². The maximum Gasteiger partial charge on any atom is 0.416 e. The smallest absolute Gasteiger partial charge is 0.369 e. The molecule has 30 heavy (non-hydrogen) atoms. The summed E-state index contributed by atoms with van der Waals surface area (Å²) in [5, 5.41) is 1.04. The average molecular weight is 433 g/mol. The number of aryl methyl sites for hydroxylation is 1. The summed E-state index contributed by atoms with van der Waals surface area (Å²) in [7, 11) is 0. The number of pyridine rings is 1. The van der Waals surface area contributed by atoms with E-state index in [0.717, 1.165) is 29.9 Å². The van der Waals surface area contributed by atoms with E-state index in [1.165, 1.54) is 17.0 Å². The highest BCUT2D eigenvalue weighted by molar-refractivity contribution is 7.11. The Balaban J connectivity index is 1.48. The standard InChI is InChI=1S/C22H22F3N3OS/c1-15-26-12-18(30-15)13-28-9-10-29-21(14-28)20-8-4-6-17(27-20)11-16-5-2-3-7-19(16)22(23,24)25/h2-8,12,21H,9-11,13-14H2,1H3/t21-/m1/s1. The van der Waals surface area contributed by atoms with Crippen molar-refractivity contribution < 1.29 is 17.9 Å². The fourth-order valence-electron chi connectivity index (χ4n) is 3.65. The normalized spacial score (nSPS) is 17.9. The van der Waals surface area contributed by atoms with E-state index in [1.807, 2.05) is 25.3 Å². The molecule has 1 saturated heterocycles. The van der Waals surface area contributed by atoms with Crippen molar-refractivity contribution in [1.29, 1.82) is 0 Å². The Bertz CT molecular complexity index is 1010. The first kappa shape index (κ1) is 21.0. The van der Waals surface area contributed by atoms with Crippen molar-refractivity contribution >= 4 is 11.3 Å². The largest absolute Gasteiger partial charge is 0.416 e. The molecular weight excluding hydrogens is 411 g/mol. The van der Waals surface area contributed by atoms with E-state index in [0.29, 0.717) is 18.8 Å². The Kier molecular flexibility index (Phi) is 6.17. The molecule has 0 radical (unpaired) electrons. The predicted octanol–water partition coefficient (Wildman–Crippen LogP) is 5.03. The number of rotatable bonds is 5. The minimum absolute atomic E-state index is 0.125. The molecule has 4 rings (SSSR count). The second-order valence-electron chi connectivity index (χ2n) is 7.33. The molecule has 158 valence electrons. The summed E-state index contributed by atoms with van der Waals surface area (Å²) in [5.74, 6) is 0. The van der Waals surface area contributed by atoms with E-state index >= 15 is 0 Å². The molecule has 0 unspecified atom stereocenters. The lowest BCUT2D eigenvalue weighted by Gasteiger charge is -2.32. The lowest BCUT2D eigenvalue weighted by atomic mass is 10.0. The van der Waals surface area contributed by atoms with Crippen LogP contribution < -0.4 is 0 Å². The van der Waals surface area contributed by atoms with Crippen LogP contribution in [-0.4, -0.2) is 34.6 Å². The number of benzene rings is 1. The summed E-state index contributed by atoms with van der Waals surface area (Å²) in [6, 6.07) is 11.1. The van der Waals surface area contributed by atoms with Gasteiger partial charge in [-0.05, 0) is 30.7 Å². The highest BCUT2D eigenvalue weighted by atomic mass is 32.1. The second-order valence-corrected chi connectivity index (χ2v) is 8.64. The summed E-state index contributed by atoms with van der Waals surface area (Å²) in [6.07, 6.45) is -2.55. The number of alkyl halides is 3. The van der Waals surface area contributed by atoms with Gasteiger partial charge < -0.3 is 4.74 Å². The third-order valence-corrected chi connectivity index (χ3v) is 5.95. The van der Waals surface area contributed by atoms with Gasteiger partial charge in [0, 0.05) is 42.8 Å². The molecule has 3 aromatic rings. The van der Waals surface area contributed by atoms with Crippen LogP contribution in [0.15, 0.2) is 48.7 Å². The van der Waals surface area contributed by atoms with Crippen molar-refractivity contribution in [1.82, 2.24) is 14.9 Å². The van der Waals surface area contributed by atoms with Crippen LogP contribution in [0.3, 0.4) is 0 Å². The van der Waals surface area contributed by atoms with Gasteiger partial charge in [-0.15, -0.1) is 11.3 Å². The maximum atomic E-state index is 13.3. The monoisotopic (exact) mass is 433 g/mol. The Morgan fingerprint density at radius 2 is 2.00 bits per heavy atom. The zero-order chi connectivity index (χ0) is 21.1. The summed E-state index contributed by atoms with van der Waals surface area (Å²) in [5.41, 5.74) is 0.962. The van der Waals surface area contributed by atoms with Gasteiger partial charge in [0.25, 0.3) is 0 Å². The molecule has 0 bridgehead atoms. The van der Waals surface area contributed by atoms with E-state index in [-0.39, 0.29) is 18.1 Å². The van der Waals surface area contributed by atoms with E-state index in [9.17, 15) is 13.2 Å². The van der Waals surface area contributed by atoms with Gasteiger partial charge >= 0.3 is 6.18 Å². The molecule has 0 aliphatic carbocycles. The Morgan fingerprint density at radius 1 is 1.17 bits per heavy atom. The number of hydrogen-bond acceptors (Lipinski definition) is 5. The number of hydrogen-bond donors (Lipinski definition) is 0. The molecule has 0 N–H and O–H groups in total. The van der Waals surface area contributed by atoms with Gasteiger partial charge in [0.05, 0.1) is 22.9 Å². The third kappa shape index (κ3) is 5.06. The molecule has 1 fully saturated rings. The van der Waals surface area contributed by atoms with Crippen molar-refractivity contribution in [2.24, 2.45) is 0 Å². The molecule has 8 heteroatoms. The van der Waals surface area contributed by atoms with Gasteiger partial charge in [-0.3, -0.25) is 9.88 Å². The summed E-state index contributed by atoms with van der Waals surface area (Å²) in [6.45, 7) is 4.90. The van der Waals surface area contributed by atoms with Crippen LogP contribution in [-0.2, 0) is 23.9 Å². The zero-order valence-electron chi connectivity index (χ0n) is 16.5. The highest BCUT2D eigenvalue weighted by Crippen LogP contribution is 2.33. The van der Waals surface area contributed by atoms with E-state index < -0.39 is 11.7 Å². The zero-order valence-corrected chi connectivity index (χ0v) is 17.3. The van der Waals surface area contributed by atoms with Gasteiger partial charge in [0.15, 0.2) is 0 Å². The van der Waals surface area contributed by atoms with Crippen LogP contribution >= 0.6 is 11.3 Å². The quantitative estimate of drug-likeness (QED) is 0.566. The topological polar surface area (TPSA) is 38.2 Å². The van der Waals surface area contributed by atoms with Crippen molar-refractivity contribution in [2.45, 2.75) is 32.2 Å². The summed E-state index contributed by atoms with van der Waals surface area (Å²) in [4.78, 5) is 12.4. The molecule has 1 aliphatic rings. The number of halogens is 3. The molecule has 1 aliphatic heterocycles. The van der Waals surface area contributed by atoms with Crippen LogP contribution in [0.25, 0.3) is 0 Å². The van der Waals surface area contributed by atoms with Gasteiger partial charge in [-0.2, -0.15) is 13.2 Å². The lowest BCUT2D eigenvalue weighted by molar-refractivity contribution is -0.138. The van der Waals surface area contributed by atoms with Crippen molar-refractivity contribution in [3.8, 4) is 0 Å². The second kappa shape index (κ2) is 8.83. The first-order valence-corrected chi connectivity index (χ1v) is 10.6. The molecule has 1 aromatic carbocycles. The molecule has 0 saturated carbocycles. The molecule has 2 aromatic heterocycles. The van der Waals surface area contributed by atoms with Crippen LogP contribution in [0.2, 0.25) is 0 Å². The molecular formula is C22H22F3N3OS. The third-order valence-electron chi connectivity index (χ3n) is 5.05. The molecule has 0 spiro atoms. The fourth-order valence-corrected chi connectivity index (χ4v) is 4.48. The first-order chi connectivity index (χ1) is 14.4. The number of aromatic nitrogens is 2. The van der Waals surface area contributed by atoms with Crippen molar-refractivity contribution in [3.05, 3.63) is 81.1 Å². The summed E-state index contributed by atoms with van der Waals surface area (Å²) < 4.78 is 45.8. The number of morpholine rings is 1. The van der Waals surface area contributed by atoms with Crippen LogP contribution in [0, 0.1) is 6.92 Å². The van der Waals surface area contributed by atoms with Gasteiger partial charge in [0.2, 0.25) is 0 Å². The molecule has 0 amide bonds.